The summed E-state index contributed by atoms with van der Waals surface area (Å²) in [5, 5.41) is 20.7. The minimum absolute atomic E-state index is 0.134. The monoisotopic (exact) mass is 418 g/mol. The molecule has 0 aromatic carbocycles. The Bertz CT molecular complexity index is 587. The number of hydrogen-bond acceptors (Lipinski definition) is 2. The SMILES string of the molecule is CC(C)CCC[C@H](C)[C@@H]1CC[C@@H]2[C@H]3C[C@H](CO)[C@H]4C[C@@H](O)CC[C@]4(C)[C@@H]3CC[C@]21C. The quantitative estimate of drug-likeness (QED) is 0.504. The van der Waals surface area contributed by atoms with E-state index in [0.717, 1.165) is 48.3 Å². The standard InChI is InChI=1S/C28H50O2/c1-18(2)7-6-8-19(3)23-9-10-24-22-15-20(17-29)26-16-21(30)11-13-28(26,5)25(22)12-14-27(23,24)4/h18-26,29-30H,6-17H2,1-5H3/t19-,20+,21-,22+,23-,24+,25+,26+,27-,28+/m0/s1. The molecule has 4 fully saturated rings. The van der Waals surface area contributed by atoms with Gasteiger partial charge in [0.25, 0.3) is 0 Å². The zero-order valence-electron chi connectivity index (χ0n) is 20.6. The average Bonchev–Trinajstić information content (AvgIpc) is 3.05. The van der Waals surface area contributed by atoms with Gasteiger partial charge in [-0.2, -0.15) is 0 Å². The van der Waals surface area contributed by atoms with Crippen molar-refractivity contribution >= 4 is 0 Å². The highest BCUT2D eigenvalue weighted by molar-refractivity contribution is 5.11. The predicted octanol–water partition coefficient (Wildman–Crippen LogP) is 6.69. The van der Waals surface area contributed by atoms with E-state index in [1.165, 1.54) is 57.8 Å². The lowest BCUT2D eigenvalue weighted by Crippen LogP contribution is -2.57. The maximum atomic E-state index is 10.4. The number of aliphatic hydroxyl groups excluding tert-OH is 2. The van der Waals surface area contributed by atoms with Gasteiger partial charge in [-0.25, -0.2) is 0 Å². The molecule has 0 spiro atoms. The van der Waals surface area contributed by atoms with Crippen LogP contribution in [0.4, 0.5) is 0 Å². The molecule has 4 saturated carbocycles. The summed E-state index contributed by atoms with van der Waals surface area (Å²) in [7, 11) is 0. The molecule has 0 unspecified atom stereocenters. The summed E-state index contributed by atoms with van der Waals surface area (Å²) in [6.07, 6.45) is 14.1. The second-order valence-electron chi connectivity index (χ2n) is 13.1. The first-order valence-electron chi connectivity index (χ1n) is 13.5. The van der Waals surface area contributed by atoms with Gasteiger partial charge in [0, 0.05) is 6.61 Å². The van der Waals surface area contributed by atoms with Crippen LogP contribution in [0.5, 0.6) is 0 Å². The van der Waals surface area contributed by atoms with E-state index < -0.39 is 0 Å². The molecule has 2 heteroatoms. The summed E-state index contributed by atoms with van der Waals surface area (Å²) in [6.45, 7) is 12.8. The molecule has 0 aliphatic heterocycles. The van der Waals surface area contributed by atoms with Crippen molar-refractivity contribution in [3.63, 3.8) is 0 Å². The highest BCUT2D eigenvalue weighted by atomic mass is 16.3. The van der Waals surface area contributed by atoms with Crippen LogP contribution in [0.15, 0.2) is 0 Å². The second kappa shape index (κ2) is 8.69. The van der Waals surface area contributed by atoms with Crippen LogP contribution in [0.25, 0.3) is 0 Å². The molecule has 0 radical (unpaired) electrons. The molecular weight excluding hydrogens is 368 g/mol. The van der Waals surface area contributed by atoms with Gasteiger partial charge in [-0.15, -0.1) is 0 Å². The van der Waals surface area contributed by atoms with Gasteiger partial charge in [0.2, 0.25) is 0 Å². The smallest absolute Gasteiger partial charge is 0.0543 e. The van der Waals surface area contributed by atoms with Crippen LogP contribution in [0.1, 0.15) is 105 Å². The highest BCUT2D eigenvalue weighted by Gasteiger charge is 2.62. The first kappa shape index (κ1) is 23.1. The van der Waals surface area contributed by atoms with Gasteiger partial charge in [0.05, 0.1) is 6.10 Å². The van der Waals surface area contributed by atoms with Crippen LogP contribution in [0, 0.1) is 58.2 Å². The summed E-state index contributed by atoms with van der Waals surface area (Å²) in [5.74, 6) is 6.05. The summed E-state index contributed by atoms with van der Waals surface area (Å²) in [6, 6.07) is 0. The Hall–Kier alpha value is -0.0800. The van der Waals surface area contributed by atoms with E-state index in [1.54, 1.807) is 0 Å². The van der Waals surface area contributed by atoms with E-state index in [9.17, 15) is 10.2 Å². The zero-order valence-corrected chi connectivity index (χ0v) is 20.6. The Labute approximate surface area is 186 Å². The summed E-state index contributed by atoms with van der Waals surface area (Å²) in [4.78, 5) is 0. The maximum absolute atomic E-state index is 10.4. The first-order valence-corrected chi connectivity index (χ1v) is 13.5. The van der Waals surface area contributed by atoms with Crippen LogP contribution >= 0.6 is 0 Å². The van der Waals surface area contributed by atoms with E-state index in [2.05, 4.69) is 34.6 Å². The molecule has 4 rings (SSSR count). The third-order valence-corrected chi connectivity index (χ3v) is 11.3. The zero-order chi connectivity index (χ0) is 21.7. The molecular formula is C28H50O2. The Morgan fingerprint density at radius 2 is 1.53 bits per heavy atom. The summed E-state index contributed by atoms with van der Waals surface area (Å²) in [5.41, 5.74) is 0.869. The summed E-state index contributed by atoms with van der Waals surface area (Å²) < 4.78 is 0. The lowest BCUT2D eigenvalue weighted by atomic mass is 9.42. The molecule has 0 heterocycles. The Kier molecular flexibility index (Phi) is 6.69. The number of hydrogen-bond donors (Lipinski definition) is 2. The molecule has 0 bridgehead atoms. The van der Waals surface area contributed by atoms with Crippen molar-refractivity contribution < 1.29 is 10.2 Å². The highest BCUT2D eigenvalue weighted by Crippen LogP contribution is 2.69. The van der Waals surface area contributed by atoms with Gasteiger partial charge >= 0.3 is 0 Å². The van der Waals surface area contributed by atoms with Gasteiger partial charge in [-0.1, -0.05) is 53.9 Å². The molecule has 4 aliphatic rings. The van der Waals surface area contributed by atoms with Crippen LogP contribution in [-0.4, -0.2) is 22.9 Å². The third kappa shape index (κ3) is 3.81. The molecule has 0 aromatic heterocycles. The largest absolute Gasteiger partial charge is 0.396 e. The van der Waals surface area contributed by atoms with Crippen molar-refractivity contribution in [2.24, 2.45) is 58.2 Å². The third-order valence-electron chi connectivity index (χ3n) is 11.3. The Morgan fingerprint density at radius 1 is 0.833 bits per heavy atom. The molecule has 10 atom stereocenters. The fourth-order valence-corrected chi connectivity index (χ4v) is 9.71. The predicted molar refractivity (Wildman–Crippen MR) is 125 cm³/mol. The summed E-state index contributed by atoms with van der Waals surface area (Å²) >= 11 is 0. The second-order valence-corrected chi connectivity index (χ2v) is 13.1. The van der Waals surface area contributed by atoms with Crippen molar-refractivity contribution in [1.29, 1.82) is 0 Å². The minimum Gasteiger partial charge on any atom is -0.396 e. The lowest BCUT2D eigenvalue weighted by Gasteiger charge is -2.63. The topological polar surface area (TPSA) is 40.5 Å². The number of aliphatic hydroxyl groups is 2. The van der Waals surface area contributed by atoms with Crippen molar-refractivity contribution in [2.45, 2.75) is 111 Å². The molecule has 2 nitrogen and oxygen atoms in total. The van der Waals surface area contributed by atoms with Crippen molar-refractivity contribution in [2.75, 3.05) is 6.61 Å². The van der Waals surface area contributed by atoms with E-state index in [0.29, 0.717) is 29.3 Å². The van der Waals surface area contributed by atoms with Crippen LogP contribution in [-0.2, 0) is 0 Å². The maximum Gasteiger partial charge on any atom is 0.0543 e. The Morgan fingerprint density at radius 3 is 2.23 bits per heavy atom. The van der Waals surface area contributed by atoms with Crippen LogP contribution in [0.3, 0.4) is 0 Å². The molecule has 30 heavy (non-hydrogen) atoms. The first-order chi connectivity index (χ1) is 14.2. The fraction of sp³-hybridized carbons (Fsp3) is 1.00. The van der Waals surface area contributed by atoms with Gasteiger partial charge in [0.1, 0.15) is 0 Å². The van der Waals surface area contributed by atoms with E-state index in [4.69, 9.17) is 0 Å². The van der Waals surface area contributed by atoms with Gasteiger partial charge < -0.3 is 10.2 Å². The Balaban J connectivity index is 1.52. The number of rotatable bonds is 6. The van der Waals surface area contributed by atoms with Crippen molar-refractivity contribution in [3.8, 4) is 0 Å². The number of fused-ring (bicyclic) bond motifs is 5. The van der Waals surface area contributed by atoms with E-state index in [1.807, 2.05) is 0 Å². The van der Waals surface area contributed by atoms with Gasteiger partial charge in [-0.05, 0) is 110 Å². The molecule has 0 amide bonds. The molecule has 0 saturated heterocycles. The molecule has 4 aliphatic carbocycles. The van der Waals surface area contributed by atoms with Crippen LogP contribution < -0.4 is 0 Å². The lowest BCUT2D eigenvalue weighted by molar-refractivity contribution is -0.158. The molecule has 174 valence electrons. The minimum atomic E-state index is -0.134. The average molecular weight is 419 g/mol. The fourth-order valence-electron chi connectivity index (χ4n) is 9.71. The van der Waals surface area contributed by atoms with Crippen molar-refractivity contribution in [1.82, 2.24) is 0 Å². The van der Waals surface area contributed by atoms with E-state index in [-0.39, 0.29) is 6.10 Å². The van der Waals surface area contributed by atoms with Gasteiger partial charge in [-0.3, -0.25) is 0 Å². The van der Waals surface area contributed by atoms with Crippen LogP contribution in [0.2, 0.25) is 0 Å². The normalized spacial score (nSPS) is 49.4. The molecule has 2 N–H and O–H groups in total. The van der Waals surface area contributed by atoms with Crippen molar-refractivity contribution in [3.05, 3.63) is 0 Å². The van der Waals surface area contributed by atoms with E-state index >= 15 is 0 Å². The molecule has 0 aromatic rings. The van der Waals surface area contributed by atoms with Gasteiger partial charge in [0.15, 0.2) is 0 Å².